The van der Waals surface area contributed by atoms with E-state index in [-0.39, 0.29) is 50.3 Å². The van der Waals surface area contributed by atoms with Crippen LogP contribution in [0.2, 0.25) is 0 Å². The fourth-order valence-corrected chi connectivity index (χ4v) is 12.4. The van der Waals surface area contributed by atoms with Crippen molar-refractivity contribution in [2.45, 2.75) is 175 Å². The molecule has 10 rings (SSSR count). The molecule has 6 aromatic rings. The molecule has 4 aliphatic rings. The summed E-state index contributed by atoms with van der Waals surface area (Å²) in [6.07, 6.45) is -11.7. The third-order valence-electron chi connectivity index (χ3n) is 18.6. The Labute approximate surface area is 535 Å². The smallest absolute Gasteiger partial charge is 0.412 e. The van der Waals surface area contributed by atoms with Crippen LogP contribution in [0.4, 0.5) is 4.79 Å². The van der Waals surface area contributed by atoms with Crippen molar-refractivity contribution in [2.75, 3.05) is 13.3 Å². The number of rotatable bonds is 24. The summed E-state index contributed by atoms with van der Waals surface area (Å²) < 4.78 is 88.0. The molecule has 91 heavy (non-hydrogen) atoms. The van der Waals surface area contributed by atoms with E-state index in [0.29, 0.717) is 24.3 Å². The summed E-state index contributed by atoms with van der Waals surface area (Å²) in [7, 11) is 0. The summed E-state index contributed by atoms with van der Waals surface area (Å²) in [5.74, 6) is -2.79. The Hall–Kier alpha value is -6.87. The third kappa shape index (κ3) is 17.2. The Morgan fingerprint density at radius 2 is 0.813 bits per heavy atom. The summed E-state index contributed by atoms with van der Waals surface area (Å²) >= 11 is 0. The number of benzene rings is 6. The lowest BCUT2D eigenvalue weighted by molar-refractivity contribution is -0.370. The summed E-state index contributed by atoms with van der Waals surface area (Å²) in [6.45, 7) is 18.8. The van der Waals surface area contributed by atoms with Gasteiger partial charge in [-0.1, -0.05) is 199 Å². The van der Waals surface area contributed by atoms with Crippen molar-refractivity contribution in [3.63, 3.8) is 0 Å². The maximum Gasteiger partial charge on any atom is 0.412 e. The van der Waals surface area contributed by atoms with Crippen LogP contribution in [0.5, 0.6) is 0 Å². The maximum atomic E-state index is 14.4. The van der Waals surface area contributed by atoms with Gasteiger partial charge in [0.25, 0.3) is 0 Å². The highest BCUT2D eigenvalue weighted by Gasteiger charge is 2.55. The van der Waals surface area contributed by atoms with Gasteiger partial charge in [-0.2, -0.15) is 0 Å². The Morgan fingerprint density at radius 1 is 0.374 bits per heavy atom. The Bertz CT molecular complexity index is 3170. The fourth-order valence-electron chi connectivity index (χ4n) is 12.4. The lowest BCUT2D eigenvalue weighted by atomic mass is 9.83. The lowest BCUT2D eigenvalue weighted by Gasteiger charge is -2.51. The second kappa shape index (κ2) is 32.1. The highest BCUT2D eigenvalue weighted by Crippen LogP contribution is 2.43. The van der Waals surface area contributed by atoms with Crippen LogP contribution < -0.4 is 0 Å². The molecule has 17 nitrogen and oxygen atoms in total. The van der Waals surface area contributed by atoms with E-state index in [9.17, 15) is 14.4 Å². The molecule has 1 amide bonds. The van der Waals surface area contributed by atoms with Crippen LogP contribution in [-0.2, 0) is 87.9 Å². The van der Waals surface area contributed by atoms with E-state index < -0.39 is 116 Å². The summed E-state index contributed by atoms with van der Waals surface area (Å²) in [5.41, 5.74) is 4.32. The number of amides is 1. The van der Waals surface area contributed by atoms with Gasteiger partial charge >= 0.3 is 18.0 Å². The first-order valence-corrected chi connectivity index (χ1v) is 32.1. The minimum atomic E-state index is -1.24. The standard InChI is InChI=1S/C74H89NO16/c1-46-47(2)65(80-42-57-32-20-12-21-33-57)72(85-52(46)7)90-63-50(5)66(87-68(76)59-36-24-14-25-37-59)73(86-61(63)44-79-41-56-30-18-11-19-31-56)89-62-48(3)53(8)83-70(51(62)6)91-64-49(4)54(9)84-71(67(64)88-69(77)60-38-26-15-27-39-60)82-45-75(40-55-28-16-10-17-29-55)74(78)81-43-58-34-22-13-23-35-58/h10-39,46-54,61-67,70-73H,40-45H2,1-9H3/t46-,47+,48+,49+,50+,51?,52?,53?,54?,61?,62+,63+,64+,65?,66?,67?,70+,71-,72-,73+/m1/s1. The molecule has 0 aromatic heterocycles. The summed E-state index contributed by atoms with van der Waals surface area (Å²) in [4.78, 5) is 44.2. The quantitative estimate of drug-likeness (QED) is 0.0318. The van der Waals surface area contributed by atoms with Crippen LogP contribution >= 0.6 is 0 Å². The van der Waals surface area contributed by atoms with E-state index in [1.165, 1.54) is 4.90 Å². The zero-order chi connectivity index (χ0) is 64.0. The number of hydrogen-bond acceptors (Lipinski definition) is 16. The predicted octanol–water partition coefficient (Wildman–Crippen LogP) is 13.0. The number of carbonyl (C=O) groups excluding carboxylic acids is 3. The van der Waals surface area contributed by atoms with E-state index in [1.54, 1.807) is 48.5 Å². The molecule has 0 aliphatic carbocycles. The van der Waals surface area contributed by atoms with Crippen molar-refractivity contribution in [3.8, 4) is 0 Å². The number of carbonyl (C=O) groups is 3. The van der Waals surface area contributed by atoms with Gasteiger partial charge < -0.3 is 61.6 Å². The molecule has 0 bridgehead atoms. The largest absolute Gasteiger partial charge is 0.453 e. The number of ether oxygens (including phenoxy) is 13. The molecule has 0 spiro atoms. The average Bonchev–Trinajstić information content (AvgIpc) is 0.877. The Morgan fingerprint density at radius 3 is 1.38 bits per heavy atom. The number of esters is 2. The van der Waals surface area contributed by atoms with E-state index in [2.05, 4.69) is 20.8 Å². The van der Waals surface area contributed by atoms with Gasteiger partial charge in [0.15, 0.2) is 37.4 Å². The molecular weight excluding hydrogens is 1160 g/mol. The minimum Gasteiger partial charge on any atom is -0.453 e. The van der Waals surface area contributed by atoms with Crippen molar-refractivity contribution in [1.29, 1.82) is 0 Å². The highest BCUT2D eigenvalue weighted by atomic mass is 16.8. The minimum absolute atomic E-state index is 0.0369. The van der Waals surface area contributed by atoms with Gasteiger partial charge in [0.1, 0.15) is 31.6 Å². The summed E-state index contributed by atoms with van der Waals surface area (Å²) in [5, 5.41) is 0. The monoisotopic (exact) mass is 1250 g/mol. The molecule has 486 valence electrons. The molecule has 4 saturated heterocycles. The molecule has 4 heterocycles. The van der Waals surface area contributed by atoms with Crippen LogP contribution in [0.15, 0.2) is 182 Å². The summed E-state index contributed by atoms with van der Waals surface area (Å²) in [6, 6.07) is 56.4. The van der Waals surface area contributed by atoms with Gasteiger partial charge in [-0.25, -0.2) is 14.4 Å². The zero-order valence-corrected chi connectivity index (χ0v) is 53.6. The second-order valence-electron chi connectivity index (χ2n) is 24.9. The molecule has 8 unspecified atom stereocenters. The van der Waals surface area contributed by atoms with Gasteiger partial charge in [0.05, 0.1) is 68.0 Å². The third-order valence-corrected chi connectivity index (χ3v) is 18.6. The van der Waals surface area contributed by atoms with Crippen molar-refractivity contribution >= 4 is 18.0 Å². The molecule has 20 atom stereocenters. The van der Waals surface area contributed by atoms with E-state index >= 15 is 0 Å². The molecule has 0 saturated carbocycles. The first-order valence-electron chi connectivity index (χ1n) is 32.1. The first-order chi connectivity index (χ1) is 44.1. The Kier molecular flexibility index (Phi) is 23.7. The van der Waals surface area contributed by atoms with Gasteiger partial charge in [-0.15, -0.1) is 0 Å². The molecule has 4 aliphatic heterocycles. The van der Waals surface area contributed by atoms with Gasteiger partial charge in [-0.3, -0.25) is 4.90 Å². The van der Waals surface area contributed by atoms with Crippen LogP contribution in [0.3, 0.4) is 0 Å². The van der Waals surface area contributed by atoms with Crippen molar-refractivity contribution in [3.05, 3.63) is 215 Å². The molecule has 4 fully saturated rings. The second-order valence-corrected chi connectivity index (χ2v) is 24.9. The van der Waals surface area contributed by atoms with E-state index in [4.69, 9.17) is 61.6 Å². The fraction of sp³-hybridized carbons (Fsp3) is 0.473. The van der Waals surface area contributed by atoms with Gasteiger partial charge in [-0.05, 0) is 79.1 Å². The normalized spacial score (nSPS) is 31.6. The lowest BCUT2D eigenvalue weighted by Crippen LogP contribution is -2.63. The van der Waals surface area contributed by atoms with Crippen molar-refractivity contribution in [2.24, 2.45) is 35.5 Å². The van der Waals surface area contributed by atoms with Crippen LogP contribution in [0.1, 0.15) is 105 Å². The maximum absolute atomic E-state index is 14.4. The zero-order valence-electron chi connectivity index (χ0n) is 53.6. The highest BCUT2D eigenvalue weighted by molar-refractivity contribution is 5.90. The Balaban J connectivity index is 0.935. The van der Waals surface area contributed by atoms with Crippen LogP contribution in [0.25, 0.3) is 0 Å². The van der Waals surface area contributed by atoms with Crippen LogP contribution in [0, 0.1) is 35.5 Å². The van der Waals surface area contributed by atoms with E-state index in [0.717, 1.165) is 22.3 Å². The van der Waals surface area contributed by atoms with Gasteiger partial charge in [0, 0.05) is 23.7 Å². The van der Waals surface area contributed by atoms with Gasteiger partial charge in [0.2, 0.25) is 0 Å². The van der Waals surface area contributed by atoms with Crippen LogP contribution in [-0.4, -0.2) is 122 Å². The predicted molar refractivity (Wildman–Crippen MR) is 338 cm³/mol. The topological polar surface area (TPSA) is 174 Å². The molecule has 6 aromatic carbocycles. The molecular formula is C74H89NO16. The SMILES string of the molecule is CC1[C@H](O[C@@H]2C(OC(=O)c3ccccc3)[C@H](OCN(Cc3ccccc3)C(=O)OCc3ccccc3)OC(C)[C@@H]2C)OC(C)[C@H](C)[C@@H]1O[C@@H]1OC(COCc2ccccc2)[C@@H](O[C@H]2OC(C)[C@H](C)[C@H](C)C2OCc2ccccc2)[C@H](C)C1OC(=O)c1ccccc1. The molecule has 0 radical (unpaired) electrons. The number of nitrogens with zero attached hydrogens (tertiary/aromatic N) is 1. The molecule has 17 heteroatoms. The average molecular weight is 1250 g/mol. The van der Waals surface area contributed by atoms with Crippen molar-refractivity contribution < 1.29 is 76.0 Å². The van der Waals surface area contributed by atoms with E-state index in [1.807, 2.05) is 175 Å². The van der Waals surface area contributed by atoms with Crippen molar-refractivity contribution in [1.82, 2.24) is 4.90 Å². The first kappa shape index (κ1) is 67.0. The molecule has 0 N–H and O–H groups in total. The number of hydrogen-bond donors (Lipinski definition) is 0.